The van der Waals surface area contributed by atoms with Crippen molar-refractivity contribution in [3.05, 3.63) is 0 Å². The molecule has 1 aliphatic heterocycles. The Kier molecular flexibility index (Phi) is 2.21. The number of rotatable bonds is 1. The summed E-state index contributed by atoms with van der Waals surface area (Å²) in [5, 5.41) is 2.89. The van der Waals surface area contributed by atoms with E-state index in [1.54, 1.807) is 0 Å². The third-order valence-electron chi connectivity index (χ3n) is 1.75. The second kappa shape index (κ2) is 2.98. The molecular formula is C6H12N4O. The topological polar surface area (TPSA) is 93.5 Å². The molecule has 5 N–H and O–H groups in total. The van der Waals surface area contributed by atoms with Gasteiger partial charge in [-0.3, -0.25) is 11.1 Å². The molecule has 0 aromatic carbocycles. The monoisotopic (exact) mass is 156 g/mol. The van der Waals surface area contributed by atoms with Crippen LogP contribution in [0.3, 0.4) is 0 Å². The van der Waals surface area contributed by atoms with E-state index in [-0.39, 0.29) is 12.0 Å². The molecule has 0 bridgehead atoms. The van der Waals surface area contributed by atoms with E-state index < -0.39 is 6.29 Å². The zero-order chi connectivity index (χ0) is 8.43. The van der Waals surface area contributed by atoms with Crippen LogP contribution in [0.25, 0.3) is 0 Å². The lowest BCUT2D eigenvalue weighted by Gasteiger charge is -2.27. The molecule has 0 saturated carbocycles. The van der Waals surface area contributed by atoms with E-state index in [0.717, 1.165) is 6.29 Å². The Labute approximate surface area is 64.8 Å². The van der Waals surface area contributed by atoms with Gasteiger partial charge in [0, 0.05) is 6.04 Å². The van der Waals surface area contributed by atoms with E-state index in [1.807, 2.05) is 6.92 Å². The first-order chi connectivity index (χ1) is 5.15. The van der Waals surface area contributed by atoms with E-state index >= 15 is 0 Å². The van der Waals surface area contributed by atoms with E-state index in [1.165, 1.54) is 0 Å². The average Bonchev–Trinajstić information content (AvgIpc) is 1.85. The Morgan fingerprint density at radius 2 is 2.36 bits per heavy atom. The zero-order valence-corrected chi connectivity index (χ0v) is 6.32. The highest BCUT2D eigenvalue weighted by Gasteiger charge is 2.26. The average molecular weight is 156 g/mol. The van der Waals surface area contributed by atoms with Gasteiger partial charge in [-0.2, -0.15) is 0 Å². The van der Waals surface area contributed by atoms with Crippen molar-refractivity contribution in [1.82, 2.24) is 5.32 Å². The Morgan fingerprint density at radius 1 is 1.73 bits per heavy atom. The van der Waals surface area contributed by atoms with Gasteiger partial charge in [-0.15, -0.1) is 0 Å². The molecule has 0 spiro atoms. The summed E-state index contributed by atoms with van der Waals surface area (Å²) < 4.78 is 0. The van der Waals surface area contributed by atoms with Gasteiger partial charge in [-0.25, -0.2) is 4.99 Å². The lowest BCUT2D eigenvalue weighted by atomic mass is 10.0. The van der Waals surface area contributed by atoms with Gasteiger partial charge in [0.2, 0.25) is 0 Å². The predicted molar refractivity (Wildman–Crippen MR) is 41.7 cm³/mol. The molecule has 1 heterocycles. The van der Waals surface area contributed by atoms with Crippen LogP contribution in [0.4, 0.5) is 0 Å². The number of aldehydes is 1. The number of aliphatic imine (C=N–C) groups is 1. The standard InChI is InChI=1S/C6H12N4O/c1-3-4(2-11)5(7)10-6(8)9-3/h2-4,6,9H,8H2,1H3,(H2,7,10)/t3-,4+,6?/m1/s1. The normalized spacial score (nSPS) is 38.0. The molecule has 5 heteroatoms. The first-order valence-electron chi connectivity index (χ1n) is 3.45. The molecule has 1 aliphatic rings. The van der Waals surface area contributed by atoms with E-state index in [4.69, 9.17) is 11.5 Å². The smallest absolute Gasteiger partial charge is 0.153 e. The predicted octanol–water partition coefficient (Wildman–Crippen LogP) is -1.61. The van der Waals surface area contributed by atoms with Crippen LogP contribution in [0.5, 0.6) is 0 Å². The van der Waals surface area contributed by atoms with Gasteiger partial charge in [-0.05, 0) is 6.92 Å². The molecule has 0 aliphatic carbocycles. The number of carbonyl (C=O) groups excluding carboxylic acids is 1. The van der Waals surface area contributed by atoms with Gasteiger partial charge in [0.1, 0.15) is 12.1 Å². The number of hydrogen-bond donors (Lipinski definition) is 3. The summed E-state index contributed by atoms with van der Waals surface area (Å²) in [6.45, 7) is 1.85. The Balaban J connectivity index is 2.79. The third kappa shape index (κ3) is 1.55. The van der Waals surface area contributed by atoms with E-state index in [0.29, 0.717) is 5.84 Å². The van der Waals surface area contributed by atoms with Crippen LogP contribution in [-0.2, 0) is 4.79 Å². The van der Waals surface area contributed by atoms with E-state index in [2.05, 4.69) is 10.3 Å². The molecule has 0 saturated heterocycles. The van der Waals surface area contributed by atoms with Crippen LogP contribution in [0.1, 0.15) is 6.92 Å². The second-order valence-electron chi connectivity index (χ2n) is 2.62. The summed E-state index contributed by atoms with van der Waals surface area (Å²) in [5.41, 5.74) is 10.9. The van der Waals surface area contributed by atoms with Gasteiger partial charge >= 0.3 is 0 Å². The Morgan fingerprint density at radius 3 is 2.82 bits per heavy atom. The van der Waals surface area contributed by atoms with Crippen LogP contribution in [-0.4, -0.2) is 24.5 Å². The van der Waals surface area contributed by atoms with E-state index in [9.17, 15) is 4.79 Å². The lowest BCUT2D eigenvalue weighted by molar-refractivity contribution is -0.110. The highest BCUT2D eigenvalue weighted by atomic mass is 16.1. The number of nitrogens with one attached hydrogen (secondary N) is 1. The minimum Gasteiger partial charge on any atom is -0.387 e. The molecule has 0 fully saturated rings. The van der Waals surface area contributed by atoms with Gasteiger partial charge in [-0.1, -0.05) is 0 Å². The molecule has 0 radical (unpaired) electrons. The number of nitrogens with zero attached hydrogens (tertiary/aromatic N) is 1. The highest BCUT2D eigenvalue weighted by Crippen LogP contribution is 2.06. The summed E-state index contributed by atoms with van der Waals surface area (Å²) in [6.07, 6.45) is 0.309. The van der Waals surface area contributed by atoms with Crippen molar-refractivity contribution < 1.29 is 4.79 Å². The van der Waals surface area contributed by atoms with Gasteiger partial charge in [0.05, 0.1) is 5.92 Å². The molecule has 3 atom stereocenters. The van der Waals surface area contributed by atoms with Gasteiger partial charge in [0.15, 0.2) is 6.29 Å². The minimum absolute atomic E-state index is 0.0278. The zero-order valence-electron chi connectivity index (χ0n) is 6.32. The third-order valence-corrected chi connectivity index (χ3v) is 1.75. The van der Waals surface area contributed by atoms with Crippen molar-refractivity contribution in [2.45, 2.75) is 19.3 Å². The summed E-state index contributed by atoms with van der Waals surface area (Å²) in [4.78, 5) is 14.3. The fourth-order valence-electron chi connectivity index (χ4n) is 1.10. The maximum atomic E-state index is 10.4. The van der Waals surface area contributed by atoms with Crippen molar-refractivity contribution in [3.8, 4) is 0 Å². The molecule has 1 rings (SSSR count). The number of amidine groups is 1. The second-order valence-corrected chi connectivity index (χ2v) is 2.62. The first-order valence-corrected chi connectivity index (χ1v) is 3.45. The molecule has 62 valence electrons. The molecule has 0 aromatic heterocycles. The lowest BCUT2D eigenvalue weighted by Crippen LogP contribution is -2.54. The van der Waals surface area contributed by atoms with Crippen molar-refractivity contribution >= 4 is 12.1 Å². The van der Waals surface area contributed by atoms with Crippen molar-refractivity contribution in [1.29, 1.82) is 0 Å². The van der Waals surface area contributed by atoms with Crippen LogP contribution >= 0.6 is 0 Å². The molecular weight excluding hydrogens is 144 g/mol. The quantitative estimate of drug-likeness (QED) is 0.398. The summed E-state index contributed by atoms with van der Waals surface area (Å²) in [7, 11) is 0. The van der Waals surface area contributed by atoms with Crippen LogP contribution in [0, 0.1) is 5.92 Å². The van der Waals surface area contributed by atoms with Gasteiger partial charge in [0.25, 0.3) is 0 Å². The molecule has 11 heavy (non-hydrogen) atoms. The molecule has 0 amide bonds. The SMILES string of the molecule is C[C@H]1NC(N)N=C(N)[C@H]1C=O. The maximum Gasteiger partial charge on any atom is 0.153 e. The summed E-state index contributed by atoms with van der Waals surface area (Å²) >= 11 is 0. The molecule has 0 aromatic rings. The first kappa shape index (κ1) is 8.16. The number of hydrogen-bond acceptors (Lipinski definition) is 5. The molecule has 5 nitrogen and oxygen atoms in total. The summed E-state index contributed by atoms with van der Waals surface area (Å²) in [6, 6.07) is -0.0278. The van der Waals surface area contributed by atoms with Crippen molar-refractivity contribution in [2.75, 3.05) is 0 Å². The summed E-state index contributed by atoms with van der Waals surface area (Å²) in [5.74, 6) is -0.0199. The molecule has 1 unspecified atom stereocenters. The highest BCUT2D eigenvalue weighted by molar-refractivity contribution is 5.95. The van der Waals surface area contributed by atoms with Crippen molar-refractivity contribution in [2.24, 2.45) is 22.4 Å². The van der Waals surface area contributed by atoms with Crippen molar-refractivity contribution in [3.63, 3.8) is 0 Å². The maximum absolute atomic E-state index is 10.4. The van der Waals surface area contributed by atoms with Crippen LogP contribution < -0.4 is 16.8 Å². The number of nitrogens with two attached hydrogens (primary N) is 2. The minimum atomic E-state index is -0.471. The largest absolute Gasteiger partial charge is 0.387 e. The van der Waals surface area contributed by atoms with Crippen LogP contribution in [0.2, 0.25) is 0 Å². The Bertz CT molecular complexity index is 191. The Hall–Kier alpha value is -0.940. The number of carbonyl (C=O) groups is 1. The van der Waals surface area contributed by atoms with Crippen LogP contribution in [0.15, 0.2) is 4.99 Å². The van der Waals surface area contributed by atoms with Gasteiger partial charge < -0.3 is 10.5 Å². The fraction of sp³-hybridized carbons (Fsp3) is 0.667. The fourth-order valence-corrected chi connectivity index (χ4v) is 1.10.